The van der Waals surface area contributed by atoms with Crippen molar-refractivity contribution in [2.75, 3.05) is 0 Å². The van der Waals surface area contributed by atoms with Gasteiger partial charge in [0.15, 0.2) is 0 Å². The summed E-state index contributed by atoms with van der Waals surface area (Å²) in [5.41, 5.74) is -2.28. The zero-order valence-electron chi connectivity index (χ0n) is 10.7. The Bertz CT molecular complexity index is 716. The number of alkyl halides is 3. The zero-order chi connectivity index (χ0) is 15.6. The summed E-state index contributed by atoms with van der Waals surface area (Å²) in [4.78, 5) is 22.3. The number of carbonyl (C=O) groups is 1. The minimum Gasteiger partial charge on any atom is -0.478 e. The topological polar surface area (TPSA) is 64.2 Å². The van der Waals surface area contributed by atoms with E-state index >= 15 is 0 Å². The number of pyridine rings is 1. The molecule has 0 atom stereocenters. The van der Waals surface area contributed by atoms with Crippen LogP contribution in [-0.4, -0.2) is 20.2 Å². The molecule has 0 radical (unpaired) electrons. The molecule has 0 saturated carbocycles. The van der Waals surface area contributed by atoms with Crippen molar-refractivity contribution in [2.24, 2.45) is 0 Å². The summed E-state index contributed by atoms with van der Waals surface area (Å²) in [7, 11) is 0. The van der Waals surface area contributed by atoms with Gasteiger partial charge in [-0.1, -0.05) is 6.07 Å². The summed E-state index contributed by atoms with van der Waals surface area (Å²) in [5.74, 6) is -1.64. The first-order valence-electron chi connectivity index (χ1n) is 5.95. The summed E-state index contributed by atoms with van der Waals surface area (Å²) >= 11 is 0. The van der Waals surface area contributed by atoms with Crippen molar-refractivity contribution in [1.29, 1.82) is 0 Å². The molecule has 2 aromatic rings. The van der Waals surface area contributed by atoms with Crippen LogP contribution >= 0.6 is 0 Å². The Kier molecular flexibility index (Phi) is 3.88. The molecule has 0 aliphatic rings. The number of nitrogens with zero attached hydrogens (tertiary/aromatic N) is 2. The lowest BCUT2D eigenvalue weighted by Crippen LogP contribution is -2.20. The minimum absolute atomic E-state index is 0.0558. The highest BCUT2D eigenvalue weighted by molar-refractivity contribution is 5.89. The van der Waals surface area contributed by atoms with Gasteiger partial charge in [0.1, 0.15) is 0 Å². The van der Waals surface area contributed by atoms with E-state index in [-0.39, 0.29) is 18.6 Å². The van der Waals surface area contributed by atoms with Crippen LogP contribution < -0.4 is 5.56 Å². The Morgan fingerprint density at radius 1 is 1.19 bits per heavy atom. The summed E-state index contributed by atoms with van der Waals surface area (Å²) in [6.45, 7) is 0.199. The molecule has 0 saturated heterocycles. The molecule has 0 unspecified atom stereocenters. The summed E-state index contributed by atoms with van der Waals surface area (Å²) in [6.07, 6.45) is -1.58. The first-order valence-corrected chi connectivity index (χ1v) is 5.95. The monoisotopic (exact) mass is 300 g/mol. The van der Waals surface area contributed by atoms with Gasteiger partial charge in [-0.05, 0) is 6.07 Å². The van der Waals surface area contributed by atoms with Crippen molar-refractivity contribution in [2.45, 2.75) is 19.3 Å². The number of hydrogen-bond acceptors (Lipinski definition) is 2. The molecule has 5 nitrogen and oxygen atoms in total. The molecular formula is C13H11F3N2O3. The number of aromatic nitrogens is 2. The van der Waals surface area contributed by atoms with Crippen LogP contribution in [0.25, 0.3) is 0 Å². The average molecular weight is 300 g/mol. The Hall–Kier alpha value is -2.51. The van der Waals surface area contributed by atoms with Crippen molar-refractivity contribution >= 4 is 5.97 Å². The molecule has 0 aromatic carbocycles. The predicted octanol–water partition coefficient (Wildman–Crippen LogP) is 2.07. The fourth-order valence-corrected chi connectivity index (χ4v) is 1.90. The van der Waals surface area contributed by atoms with E-state index in [2.05, 4.69) is 0 Å². The molecule has 0 amide bonds. The van der Waals surface area contributed by atoms with Gasteiger partial charge in [-0.15, -0.1) is 0 Å². The highest BCUT2D eigenvalue weighted by Crippen LogP contribution is 2.32. The van der Waals surface area contributed by atoms with Gasteiger partial charge in [0, 0.05) is 37.7 Å². The number of aryl methyl sites for hydroxylation is 2. The number of aromatic carboxylic acids is 1. The second kappa shape index (κ2) is 5.47. The van der Waals surface area contributed by atoms with E-state index in [1.54, 1.807) is 12.1 Å². The molecule has 0 fully saturated rings. The molecule has 0 aliphatic heterocycles. The summed E-state index contributed by atoms with van der Waals surface area (Å²) < 4.78 is 40.6. The lowest BCUT2D eigenvalue weighted by molar-refractivity contribution is -0.138. The van der Waals surface area contributed by atoms with Gasteiger partial charge in [0.25, 0.3) is 5.56 Å². The van der Waals surface area contributed by atoms with Crippen molar-refractivity contribution in [1.82, 2.24) is 9.13 Å². The van der Waals surface area contributed by atoms with E-state index < -0.39 is 23.3 Å². The third-order valence-corrected chi connectivity index (χ3v) is 2.91. The predicted molar refractivity (Wildman–Crippen MR) is 67.1 cm³/mol. The van der Waals surface area contributed by atoms with Gasteiger partial charge in [0.2, 0.25) is 0 Å². The quantitative estimate of drug-likeness (QED) is 0.940. The van der Waals surface area contributed by atoms with Crippen molar-refractivity contribution in [3.63, 3.8) is 0 Å². The molecule has 0 bridgehead atoms. The van der Waals surface area contributed by atoms with E-state index in [9.17, 15) is 22.8 Å². The van der Waals surface area contributed by atoms with E-state index in [0.717, 1.165) is 17.0 Å². The van der Waals surface area contributed by atoms with E-state index in [0.29, 0.717) is 0 Å². The number of halogens is 3. The fourth-order valence-electron chi connectivity index (χ4n) is 1.90. The van der Waals surface area contributed by atoms with Crippen molar-refractivity contribution in [3.05, 3.63) is 58.3 Å². The maximum atomic E-state index is 12.7. The largest absolute Gasteiger partial charge is 0.478 e. The van der Waals surface area contributed by atoms with Crippen molar-refractivity contribution < 1.29 is 23.1 Å². The summed E-state index contributed by atoms with van der Waals surface area (Å²) in [6, 6.07) is 4.51. The third-order valence-electron chi connectivity index (χ3n) is 2.91. The smallest absolute Gasteiger partial charge is 0.418 e. The Balaban J connectivity index is 2.24. The van der Waals surface area contributed by atoms with Gasteiger partial charge < -0.3 is 14.2 Å². The lowest BCUT2D eigenvalue weighted by atomic mass is 10.2. The van der Waals surface area contributed by atoms with Crippen LogP contribution in [0, 0.1) is 0 Å². The molecule has 21 heavy (non-hydrogen) atoms. The van der Waals surface area contributed by atoms with E-state index in [4.69, 9.17) is 5.11 Å². The van der Waals surface area contributed by atoms with E-state index in [1.165, 1.54) is 16.8 Å². The standard InChI is InChI=1S/C13H11F3N2O3/c14-13(15,16)10-8-17(7-9(10)12(20)21)5-6-18-4-2-1-3-11(18)19/h1-4,7-8H,5-6H2,(H,20,21). The number of carboxylic acids is 1. The van der Waals surface area contributed by atoms with Crippen molar-refractivity contribution in [3.8, 4) is 0 Å². The van der Waals surface area contributed by atoms with Gasteiger partial charge in [0.05, 0.1) is 11.1 Å². The van der Waals surface area contributed by atoms with Gasteiger partial charge in [-0.2, -0.15) is 13.2 Å². The molecular weight excluding hydrogens is 289 g/mol. The van der Waals surface area contributed by atoms with Crippen LogP contribution in [0.3, 0.4) is 0 Å². The highest BCUT2D eigenvalue weighted by Gasteiger charge is 2.36. The van der Waals surface area contributed by atoms with Gasteiger partial charge in [-0.25, -0.2) is 4.79 Å². The van der Waals surface area contributed by atoms with E-state index in [1.807, 2.05) is 0 Å². The SMILES string of the molecule is O=C(O)c1cn(CCn2ccccc2=O)cc1C(F)(F)F. The maximum absolute atomic E-state index is 12.7. The molecule has 8 heteroatoms. The molecule has 0 spiro atoms. The Morgan fingerprint density at radius 3 is 2.43 bits per heavy atom. The van der Waals surface area contributed by atoms with Crippen LogP contribution in [0.5, 0.6) is 0 Å². The Labute approximate surface area is 116 Å². The Morgan fingerprint density at radius 2 is 1.90 bits per heavy atom. The van der Waals surface area contributed by atoms with Gasteiger partial charge in [-0.3, -0.25) is 4.79 Å². The normalized spacial score (nSPS) is 11.6. The maximum Gasteiger partial charge on any atom is 0.418 e. The first-order chi connectivity index (χ1) is 9.79. The van der Waals surface area contributed by atoms with Crippen LogP contribution in [0.1, 0.15) is 15.9 Å². The molecule has 2 aromatic heterocycles. The van der Waals surface area contributed by atoms with Crippen LogP contribution in [0.2, 0.25) is 0 Å². The lowest BCUT2D eigenvalue weighted by Gasteiger charge is -2.06. The molecule has 0 aliphatic carbocycles. The second-order valence-corrected chi connectivity index (χ2v) is 4.36. The number of hydrogen-bond donors (Lipinski definition) is 1. The minimum atomic E-state index is -4.73. The molecule has 2 rings (SSSR count). The molecule has 2 heterocycles. The number of rotatable bonds is 4. The van der Waals surface area contributed by atoms with Crippen LogP contribution in [-0.2, 0) is 19.3 Å². The molecule has 1 N–H and O–H groups in total. The fraction of sp³-hybridized carbons (Fsp3) is 0.231. The first kappa shape index (κ1) is 14.9. The van der Waals surface area contributed by atoms with Gasteiger partial charge >= 0.3 is 12.1 Å². The molecule has 112 valence electrons. The third kappa shape index (κ3) is 3.33. The van der Waals surface area contributed by atoms with Crippen LogP contribution in [0.4, 0.5) is 13.2 Å². The summed E-state index contributed by atoms with van der Waals surface area (Å²) in [5, 5.41) is 8.80. The number of carboxylic acid groups (broad SMARTS) is 1. The zero-order valence-corrected chi connectivity index (χ0v) is 10.7. The highest BCUT2D eigenvalue weighted by atomic mass is 19.4. The average Bonchev–Trinajstić information content (AvgIpc) is 2.82. The second-order valence-electron chi connectivity index (χ2n) is 4.36. The van der Waals surface area contributed by atoms with Crippen LogP contribution in [0.15, 0.2) is 41.6 Å².